The fraction of sp³-hybridized carbons (Fsp3) is 0.167. The van der Waals surface area contributed by atoms with Crippen LogP contribution in [0.25, 0.3) is 11.0 Å². The summed E-state index contributed by atoms with van der Waals surface area (Å²) >= 11 is 5.95. The Balaban J connectivity index is 1.53. The standard InChI is InChI=1S/C18H12ClF3N4O2/c19-9-5-11-12(7-24-17(11)23-6-9)26-14-13(15(27)16(14)28)25-10-3-1-8(2-4-10)18(20,21)22/h1-7,13-14,25-26H,(H,23,24). The van der Waals surface area contributed by atoms with Crippen molar-refractivity contribution in [1.82, 2.24) is 9.97 Å². The third-order valence-corrected chi connectivity index (χ3v) is 4.69. The number of aromatic amines is 1. The molecule has 3 aromatic rings. The van der Waals surface area contributed by atoms with E-state index in [1.165, 1.54) is 18.3 Å². The highest BCUT2D eigenvalue weighted by Crippen LogP contribution is 2.31. The van der Waals surface area contributed by atoms with Crippen LogP contribution >= 0.6 is 11.6 Å². The molecular formula is C18H12ClF3N4O2. The van der Waals surface area contributed by atoms with E-state index >= 15 is 0 Å². The Morgan fingerprint density at radius 1 is 1.04 bits per heavy atom. The number of carbonyl (C=O) groups is 2. The van der Waals surface area contributed by atoms with E-state index in [-0.39, 0.29) is 0 Å². The van der Waals surface area contributed by atoms with Crippen molar-refractivity contribution in [3.05, 3.63) is 53.3 Å². The lowest BCUT2D eigenvalue weighted by Gasteiger charge is -2.35. The molecular weight excluding hydrogens is 397 g/mol. The maximum Gasteiger partial charge on any atom is 0.416 e. The average molecular weight is 409 g/mol. The number of nitrogens with zero attached hydrogens (tertiary/aromatic N) is 1. The van der Waals surface area contributed by atoms with Crippen LogP contribution in [0.3, 0.4) is 0 Å². The molecule has 6 nitrogen and oxygen atoms in total. The van der Waals surface area contributed by atoms with Gasteiger partial charge in [0.15, 0.2) is 0 Å². The number of pyridine rings is 1. The van der Waals surface area contributed by atoms with E-state index in [1.54, 1.807) is 12.3 Å². The average Bonchev–Trinajstić information content (AvgIpc) is 3.06. The molecule has 0 saturated heterocycles. The van der Waals surface area contributed by atoms with Crippen molar-refractivity contribution >= 4 is 45.6 Å². The molecule has 2 unspecified atom stereocenters. The van der Waals surface area contributed by atoms with E-state index in [2.05, 4.69) is 20.6 Å². The molecule has 0 amide bonds. The largest absolute Gasteiger partial charge is 0.416 e. The van der Waals surface area contributed by atoms with Crippen LogP contribution in [-0.2, 0) is 15.8 Å². The highest BCUT2D eigenvalue weighted by molar-refractivity contribution is 6.50. The summed E-state index contributed by atoms with van der Waals surface area (Å²) < 4.78 is 38.0. The third-order valence-electron chi connectivity index (χ3n) is 4.48. The zero-order valence-corrected chi connectivity index (χ0v) is 14.7. The second kappa shape index (κ2) is 6.52. The number of nitrogens with one attached hydrogen (secondary N) is 3. The summed E-state index contributed by atoms with van der Waals surface area (Å²) in [6.07, 6.45) is -1.38. The molecule has 2 aromatic heterocycles. The Hall–Kier alpha value is -3.07. The first kappa shape index (κ1) is 18.3. The van der Waals surface area contributed by atoms with Gasteiger partial charge in [0.25, 0.3) is 0 Å². The molecule has 2 atom stereocenters. The maximum atomic E-state index is 12.7. The highest BCUT2D eigenvalue weighted by Gasteiger charge is 2.49. The molecule has 3 N–H and O–H groups in total. The van der Waals surface area contributed by atoms with Crippen molar-refractivity contribution in [3.63, 3.8) is 0 Å². The van der Waals surface area contributed by atoms with E-state index in [0.717, 1.165) is 12.1 Å². The monoisotopic (exact) mass is 408 g/mol. The Morgan fingerprint density at radius 2 is 1.68 bits per heavy atom. The second-order valence-electron chi connectivity index (χ2n) is 6.30. The maximum absolute atomic E-state index is 12.7. The predicted octanol–water partition coefficient (Wildman–Crippen LogP) is 3.65. The number of fused-ring (bicyclic) bond motifs is 1. The topological polar surface area (TPSA) is 86.9 Å². The van der Waals surface area contributed by atoms with Crippen molar-refractivity contribution in [2.75, 3.05) is 10.6 Å². The third kappa shape index (κ3) is 3.18. The van der Waals surface area contributed by atoms with Gasteiger partial charge in [-0.2, -0.15) is 13.2 Å². The molecule has 0 bridgehead atoms. The van der Waals surface area contributed by atoms with E-state index < -0.39 is 35.4 Å². The number of aromatic nitrogens is 2. The summed E-state index contributed by atoms with van der Waals surface area (Å²) in [7, 11) is 0. The molecule has 1 fully saturated rings. The second-order valence-corrected chi connectivity index (χ2v) is 6.74. The van der Waals surface area contributed by atoms with Crippen LogP contribution in [0.1, 0.15) is 5.56 Å². The Bertz CT molecular complexity index is 1080. The van der Waals surface area contributed by atoms with E-state index in [1.807, 2.05) is 0 Å². The number of hydrogen-bond acceptors (Lipinski definition) is 5. The lowest BCUT2D eigenvalue weighted by atomic mass is 9.82. The minimum absolute atomic E-state index is 0.300. The zero-order chi connectivity index (χ0) is 20.1. The van der Waals surface area contributed by atoms with Gasteiger partial charge in [-0.1, -0.05) is 11.6 Å². The van der Waals surface area contributed by atoms with Gasteiger partial charge in [0, 0.05) is 23.5 Å². The number of Topliss-reactive ketones (excluding diaryl/α,β-unsaturated/α-hetero) is 2. The molecule has 28 heavy (non-hydrogen) atoms. The summed E-state index contributed by atoms with van der Waals surface area (Å²) in [5, 5.41) is 6.83. The number of rotatable bonds is 4. The van der Waals surface area contributed by atoms with Crippen molar-refractivity contribution in [2.45, 2.75) is 18.3 Å². The molecule has 1 aliphatic rings. The van der Waals surface area contributed by atoms with Gasteiger partial charge in [-0.15, -0.1) is 0 Å². The van der Waals surface area contributed by atoms with Crippen molar-refractivity contribution in [3.8, 4) is 0 Å². The van der Waals surface area contributed by atoms with Gasteiger partial charge in [-0.05, 0) is 30.3 Å². The van der Waals surface area contributed by atoms with Gasteiger partial charge >= 0.3 is 6.18 Å². The lowest BCUT2D eigenvalue weighted by molar-refractivity contribution is -0.144. The van der Waals surface area contributed by atoms with Crippen molar-refractivity contribution in [1.29, 1.82) is 0 Å². The summed E-state index contributed by atoms with van der Waals surface area (Å²) in [5.41, 5.74) is 0.591. The van der Waals surface area contributed by atoms with Gasteiger partial charge in [0.05, 0.1) is 16.3 Å². The van der Waals surface area contributed by atoms with Crippen molar-refractivity contribution in [2.24, 2.45) is 0 Å². The van der Waals surface area contributed by atoms with Crippen LogP contribution in [0, 0.1) is 0 Å². The number of halogens is 4. The van der Waals surface area contributed by atoms with E-state index in [0.29, 0.717) is 27.4 Å². The van der Waals surface area contributed by atoms with E-state index in [9.17, 15) is 22.8 Å². The number of anilines is 2. The van der Waals surface area contributed by atoms with Crippen LogP contribution in [-0.4, -0.2) is 33.6 Å². The van der Waals surface area contributed by atoms with Gasteiger partial charge in [0.1, 0.15) is 17.7 Å². The highest BCUT2D eigenvalue weighted by atomic mass is 35.5. The quantitative estimate of drug-likeness (QED) is 0.574. The number of hydrogen-bond donors (Lipinski definition) is 3. The van der Waals surface area contributed by atoms with Crippen LogP contribution in [0.2, 0.25) is 5.02 Å². The lowest BCUT2D eigenvalue weighted by Crippen LogP contribution is -2.64. The zero-order valence-electron chi connectivity index (χ0n) is 14.0. The molecule has 144 valence electrons. The van der Waals surface area contributed by atoms with Gasteiger partial charge < -0.3 is 15.6 Å². The number of carbonyl (C=O) groups excluding carboxylic acids is 2. The van der Waals surface area contributed by atoms with Crippen molar-refractivity contribution < 1.29 is 22.8 Å². The number of alkyl halides is 3. The fourth-order valence-electron chi connectivity index (χ4n) is 3.01. The SMILES string of the molecule is O=C1C(=O)C(Nc2c[nH]c3ncc(Cl)cc23)C1Nc1ccc(C(F)(F)F)cc1. The molecule has 0 aliphatic heterocycles. The van der Waals surface area contributed by atoms with Gasteiger partial charge in [-0.3, -0.25) is 9.59 Å². The van der Waals surface area contributed by atoms with Gasteiger partial charge in [-0.25, -0.2) is 4.98 Å². The van der Waals surface area contributed by atoms with E-state index in [4.69, 9.17) is 11.6 Å². The summed E-state index contributed by atoms with van der Waals surface area (Å²) in [4.78, 5) is 31.0. The smallest absolute Gasteiger partial charge is 0.373 e. The fourth-order valence-corrected chi connectivity index (χ4v) is 3.17. The van der Waals surface area contributed by atoms with Crippen LogP contribution < -0.4 is 10.6 Å². The molecule has 10 heteroatoms. The predicted molar refractivity (Wildman–Crippen MR) is 97.4 cm³/mol. The number of benzene rings is 1. The first-order valence-electron chi connectivity index (χ1n) is 8.15. The van der Waals surface area contributed by atoms with Crippen LogP contribution in [0.15, 0.2) is 42.7 Å². The van der Waals surface area contributed by atoms with Gasteiger partial charge in [0.2, 0.25) is 11.6 Å². The molecule has 1 saturated carbocycles. The summed E-state index contributed by atoms with van der Waals surface area (Å²) in [6.45, 7) is 0. The Morgan fingerprint density at radius 3 is 2.32 bits per heavy atom. The minimum atomic E-state index is -4.45. The first-order valence-corrected chi connectivity index (χ1v) is 8.53. The van der Waals surface area contributed by atoms with Crippen LogP contribution in [0.4, 0.5) is 24.5 Å². The molecule has 1 aromatic carbocycles. The summed E-state index contributed by atoms with van der Waals surface area (Å²) in [5.74, 6) is -1.26. The Kier molecular flexibility index (Phi) is 4.26. The number of ketones is 2. The normalized spacial score (nSPS) is 19.6. The molecule has 4 rings (SSSR count). The first-order chi connectivity index (χ1) is 13.2. The molecule has 1 aliphatic carbocycles. The summed E-state index contributed by atoms with van der Waals surface area (Å²) in [6, 6.07) is 4.13. The molecule has 0 spiro atoms. The number of H-pyrrole nitrogens is 1. The molecule has 0 radical (unpaired) electrons. The Labute approximate surface area is 161 Å². The molecule has 2 heterocycles. The van der Waals surface area contributed by atoms with Crippen LogP contribution in [0.5, 0.6) is 0 Å². The minimum Gasteiger partial charge on any atom is -0.373 e.